The summed E-state index contributed by atoms with van der Waals surface area (Å²) in [5.41, 5.74) is -4.86. The number of halogens is 4. The molecule has 6 nitrogen and oxygen atoms in total. The van der Waals surface area contributed by atoms with Crippen LogP contribution in [0.1, 0.15) is 25.5 Å². The van der Waals surface area contributed by atoms with Gasteiger partial charge in [0.05, 0.1) is 27.8 Å². The van der Waals surface area contributed by atoms with Crippen molar-refractivity contribution < 1.29 is 35.9 Å². The van der Waals surface area contributed by atoms with E-state index in [1.54, 1.807) is 0 Å². The number of rotatable bonds is 5. The number of nitrogens with one attached hydrogen (secondary N) is 1. The Labute approximate surface area is 170 Å². The Morgan fingerprint density at radius 3 is 2.23 bits per heavy atom. The molecule has 2 rings (SSSR count). The van der Waals surface area contributed by atoms with Crippen molar-refractivity contribution in [2.45, 2.75) is 31.0 Å². The molecular formula is C19H18F4N2O4S. The Kier molecular flexibility index (Phi) is 7.36. The van der Waals surface area contributed by atoms with Crippen molar-refractivity contribution in [3.05, 3.63) is 59.4 Å². The first-order valence-corrected chi connectivity index (χ1v) is 9.55. The number of aliphatic hydroxyl groups is 1. The van der Waals surface area contributed by atoms with Crippen LogP contribution < -0.4 is 5.32 Å². The highest BCUT2D eigenvalue weighted by molar-refractivity contribution is 7.91. The van der Waals surface area contributed by atoms with E-state index in [-0.39, 0.29) is 18.0 Å². The fourth-order valence-electron chi connectivity index (χ4n) is 2.38. The molecule has 2 N–H and O–H groups in total. The molecule has 1 unspecified atom stereocenters. The third kappa shape index (κ3) is 5.77. The van der Waals surface area contributed by atoms with Crippen LogP contribution in [0.15, 0.2) is 47.4 Å². The molecule has 2 aromatic rings. The van der Waals surface area contributed by atoms with Crippen molar-refractivity contribution in [3.8, 4) is 6.07 Å². The van der Waals surface area contributed by atoms with E-state index >= 15 is 0 Å². The molecule has 1 amide bonds. The van der Waals surface area contributed by atoms with Crippen molar-refractivity contribution in [1.29, 1.82) is 5.26 Å². The minimum absolute atomic E-state index is 0. The van der Waals surface area contributed by atoms with E-state index in [9.17, 15) is 35.9 Å². The number of benzene rings is 2. The van der Waals surface area contributed by atoms with Gasteiger partial charge in [-0.25, -0.2) is 12.8 Å². The highest BCUT2D eigenvalue weighted by atomic mass is 32.2. The highest BCUT2D eigenvalue weighted by Crippen LogP contribution is 2.33. The molecular weight excluding hydrogens is 428 g/mol. The van der Waals surface area contributed by atoms with Gasteiger partial charge >= 0.3 is 6.18 Å². The number of hydrogen-bond acceptors (Lipinski definition) is 5. The summed E-state index contributed by atoms with van der Waals surface area (Å²) in [5.74, 6) is -3.06. The standard InChI is InChI=1S/C18H14F4N2O4S.CH4/c1-17(26,10-29(27,28)14-6-3-12(19)4-7-14)16(25)24-13-5-2-11(9-23)15(8-13)18(20,21)22;/h2-8,26H,10H2,1H3,(H,24,25);1H4. The first kappa shape index (κ1) is 25.1. The Morgan fingerprint density at radius 2 is 1.73 bits per heavy atom. The summed E-state index contributed by atoms with van der Waals surface area (Å²) in [4.78, 5) is 11.9. The van der Waals surface area contributed by atoms with Gasteiger partial charge in [-0.2, -0.15) is 18.4 Å². The van der Waals surface area contributed by atoms with Gasteiger partial charge in [0, 0.05) is 5.69 Å². The summed E-state index contributed by atoms with van der Waals surface area (Å²) < 4.78 is 76.6. The monoisotopic (exact) mass is 446 g/mol. The second-order valence-corrected chi connectivity index (χ2v) is 8.30. The van der Waals surface area contributed by atoms with E-state index in [1.807, 2.05) is 5.32 Å². The molecule has 0 fully saturated rings. The zero-order valence-corrected chi connectivity index (χ0v) is 15.6. The number of alkyl halides is 3. The van der Waals surface area contributed by atoms with Crippen LogP contribution in [-0.4, -0.2) is 30.8 Å². The summed E-state index contributed by atoms with van der Waals surface area (Å²) in [6, 6.07) is 7.40. The van der Waals surface area contributed by atoms with E-state index in [4.69, 9.17) is 5.26 Å². The molecule has 11 heteroatoms. The van der Waals surface area contributed by atoms with Crippen molar-refractivity contribution >= 4 is 21.4 Å². The first-order valence-electron chi connectivity index (χ1n) is 7.90. The maximum atomic E-state index is 13.0. The lowest BCUT2D eigenvalue weighted by molar-refractivity contribution is -0.137. The van der Waals surface area contributed by atoms with E-state index in [0.29, 0.717) is 6.07 Å². The number of sulfone groups is 1. The maximum absolute atomic E-state index is 13.0. The molecule has 0 heterocycles. The lowest BCUT2D eigenvalue weighted by Gasteiger charge is -2.22. The lowest BCUT2D eigenvalue weighted by Crippen LogP contribution is -2.45. The van der Waals surface area contributed by atoms with Gasteiger partial charge in [-0.05, 0) is 49.4 Å². The fraction of sp³-hybridized carbons (Fsp3) is 0.263. The van der Waals surface area contributed by atoms with E-state index in [2.05, 4.69) is 0 Å². The van der Waals surface area contributed by atoms with Gasteiger partial charge in [-0.15, -0.1) is 0 Å². The van der Waals surface area contributed by atoms with Crippen molar-refractivity contribution in [2.24, 2.45) is 0 Å². The molecule has 0 aliphatic heterocycles. The molecule has 162 valence electrons. The average Bonchev–Trinajstić information content (AvgIpc) is 2.60. The molecule has 0 aromatic heterocycles. The Hall–Kier alpha value is -2.97. The quantitative estimate of drug-likeness (QED) is 0.540. The van der Waals surface area contributed by atoms with Gasteiger partial charge in [-0.1, -0.05) is 7.43 Å². The first-order chi connectivity index (χ1) is 13.3. The van der Waals surface area contributed by atoms with Gasteiger partial charge in [0.25, 0.3) is 5.91 Å². The molecule has 0 radical (unpaired) electrons. The highest BCUT2D eigenvalue weighted by Gasteiger charge is 2.38. The number of nitrogens with zero attached hydrogens (tertiary/aromatic N) is 1. The fourth-order valence-corrected chi connectivity index (χ4v) is 3.97. The summed E-state index contributed by atoms with van der Waals surface area (Å²) in [7, 11) is -4.21. The van der Waals surface area contributed by atoms with Crippen LogP contribution in [0.2, 0.25) is 0 Å². The number of carbonyl (C=O) groups excluding carboxylic acids is 1. The number of amides is 1. The zero-order chi connectivity index (χ0) is 22.0. The molecule has 0 spiro atoms. The predicted octanol–water partition coefficient (Wildman–Crippen LogP) is 3.52. The summed E-state index contributed by atoms with van der Waals surface area (Å²) in [5, 5.41) is 21.1. The summed E-state index contributed by atoms with van der Waals surface area (Å²) >= 11 is 0. The van der Waals surface area contributed by atoms with E-state index in [0.717, 1.165) is 43.3 Å². The molecule has 0 bridgehead atoms. The Bertz CT molecular complexity index is 1070. The second-order valence-electron chi connectivity index (χ2n) is 6.31. The van der Waals surface area contributed by atoms with Gasteiger partial charge in [0.15, 0.2) is 15.4 Å². The van der Waals surface area contributed by atoms with Crippen LogP contribution in [-0.2, 0) is 20.8 Å². The van der Waals surface area contributed by atoms with Crippen LogP contribution in [0, 0.1) is 17.1 Å². The number of hydrogen-bond donors (Lipinski definition) is 2. The topological polar surface area (TPSA) is 107 Å². The molecule has 30 heavy (non-hydrogen) atoms. The minimum Gasteiger partial charge on any atom is -0.379 e. The van der Waals surface area contributed by atoms with Crippen molar-refractivity contribution in [2.75, 3.05) is 11.1 Å². The van der Waals surface area contributed by atoms with Crippen molar-refractivity contribution in [1.82, 2.24) is 0 Å². The molecule has 2 aromatic carbocycles. The third-order valence-electron chi connectivity index (χ3n) is 3.84. The molecule has 0 aliphatic carbocycles. The summed E-state index contributed by atoms with van der Waals surface area (Å²) in [6.07, 6.45) is -4.86. The van der Waals surface area contributed by atoms with Crippen LogP contribution in [0.5, 0.6) is 0 Å². The molecule has 0 aliphatic rings. The van der Waals surface area contributed by atoms with E-state index in [1.165, 1.54) is 6.07 Å². The lowest BCUT2D eigenvalue weighted by atomic mass is 10.1. The van der Waals surface area contributed by atoms with Crippen molar-refractivity contribution in [3.63, 3.8) is 0 Å². The van der Waals surface area contributed by atoms with Crippen LogP contribution >= 0.6 is 0 Å². The second kappa shape index (κ2) is 8.81. The van der Waals surface area contributed by atoms with Gasteiger partial charge < -0.3 is 10.4 Å². The van der Waals surface area contributed by atoms with Crippen LogP contribution in [0.4, 0.5) is 23.2 Å². The maximum Gasteiger partial charge on any atom is 0.417 e. The van der Waals surface area contributed by atoms with E-state index < -0.39 is 50.2 Å². The average molecular weight is 446 g/mol. The SMILES string of the molecule is C.CC(O)(CS(=O)(=O)c1ccc(F)cc1)C(=O)Nc1ccc(C#N)c(C(F)(F)F)c1. The van der Waals surface area contributed by atoms with Crippen LogP contribution in [0.3, 0.4) is 0 Å². The van der Waals surface area contributed by atoms with Crippen LogP contribution in [0.25, 0.3) is 0 Å². The van der Waals surface area contributed by atoms with Gasteiger partial charge in [0.2, 0.25) is 0 Å². The predicted molar refractivity (Wildman–Crippen MR) is 101 cm³/mol. The zero-order valence-electron chi connectivity index (χ0n) is 14.8. The minimum atomic E-state index is -4.86. The smallest absolute Gasteiger partial charge is 0.379 e. The Balaban J connectivity index is 0.00000450. The van der Waals surface area contributed by atoms with Gasteiger partial charge in [-0.3, -0.25) is 4.79 Å². The number of anilines is 1. The molecule has 1 atom stereocenters. The molecule has 0 saturated carbocycles. The number of nitriles is 1. The number of carbonyl (C=O) groups is 1. The largest absolute Gasteiger partial charge is 0.417 e. The normalized spacial score (nSPS) is 13.5. The third-order valence-corrected chi connectivity index (χ3v) is 5.77. The summed E-state index contributed by atoms with van der Waals surface area (Å²) in [6.45, 7) is 0.873. The van der Waals surface area contributed by atoms with Gasteiger partial charge in [0.1, 0.15) is 5.82 Å². The molecule has 0 saturated heterocycles. The Morgan fingerprint density at radius 1 is 1.17 bits per heavy atom.